The van der Waals surface area contributed by atoms with Crippen molar-refractivity contribution in [2.75, 3.05) is 6.54 Å². The van der Waals surface area contributed by atoms with Gasteiger partial charge in [-0.3, -0.25) is 9.69 Å². The van der Waals surface area contributed by atoms with E-state index in [0.29, 0.717) is 13.0 Å². The van der Waals surface area contributed by atoms with Crippen LogP contribution in [0.15, 0.2) is 0 Å². The molecule has 3 amide bonds. The molecule has 1 unspecified atom stereocenters. The summed E-state index contributed by atoms with van der Waals surface area (Å²) in [5, 5.41) is 2.70. The van der Waals surface area contributed by atoms with Crippen LogP contribution >= 0.6 is 0 Å². The van der Waals surface area contributed by atoms with Crippen LogP contribution in [0.25, 0.3) is 0 Å². The molecule has 74 valence electrons. The maximum Gasteiger partial charge on any atom is 0.325 e. The van der Waals surface area contributed by atoms with E-state index < -0.39 is 5.54 Å². The lowest BCUT2D eigenvalue weighted by atomic mass is 9.99. The molecule has 1 saturated heterocycles. The fourth-order valence-corrected chi connectivity index (χ4v) is 1.41. The molecule has 13 heavy (non-hydrogen) atoms. The number of hydrogen-bond acceptors (Lipinski definition) is 2. The SMILES string of the molecule is CCCN1C(=O)NC(C)(CC)C1=O. The first-order valence-electron chi connectivity index (χ1n) is 4.69. The lowest BCUT2D eigenvalue weighted by Crippen LogP contribution is -2.43. The molecule has 0 spiro atoms. The number of carbonyl (C=O) groups is 2. The summed E-state index contributed by atoms with van der Waals surface area (Å²) in [6, 6.07) is -0.254. The zero-order valence-corrected chi connectivity index (χ0v) is 8.39. The van der Waals surface area contributed by atoms with Crippen molar-refractivity contribution in [3.8, 4) is 0 Å². The molecule has 1 rings (SSSR count). The molecule has 0 aromatic rings. The van der Waals surface area contributed by atoms with E-state index in [9.17, 15) is 9.59 Å². The number of carbonyl (C=O) groups excluding carboxylic acids is 2. The van der Waals surface area contributed by atoms with E-state index in [1.807, 2.05) is 13.8 Å². The molecule has 1 aliphatic heterocycles. The second-order valence-electron chi connectivity index (χ2n) is 3.57. The number of rotatable bonds is 3. The minimum atomic E-state index is -0.674. The van der Waals surface area contributed by atoms with Crippen molar-refractivity contribution in [2.24, 2.45) is 0 Å². The highest BCUT2D eigenvalue weighted by atomic mass is 16.2. The maximum atomic E-state index is 11.7. The normalized spacial score (nSPS) is 28.1. The molecule has 1 fully saturated rings. The molecule has 0 aromatic heterocycles. The molecule has 4 nitrogen and oxygen atoms in total. The van der Waals surface area contributed by atoms with E-state index in [1.165, 1.54) is 4.90 Å². The number of nitrogens with one attached hydrogen (secondary N) is 1. The van der Waals surface area contributed by atoms with Crippen molar-refractivity contribution >= 4 is 11.9 Å². The summed E-state index contributed by atoms with van der Waals surface area (Å²) in [6.45, 7) is 6.12. The predicted octanol–water partition coefficient (Wildman–Crippen LogP) is 1.12. The maximum absolute atomic E-state index is 11.7. The van der Waals surface area contributed by atoms with E-state index in [-0.39, 0.29) is 11.9 Å². The molecular weight excluding hydrogens is 168 g/mol. The van der Waals surface area contributed by atoms with E-state index in [1.54, 1.807) is 6.92 Å². The summed E-state index contributed by atoms with van der Waals surface area (Å²) in [7, 11) is 0. The third-order valence-corrected chi connectivity index (χ3v) is 2.50. The van der Waals surface area contributed by atoms with Crippen LogP contribution in [0.4, 0.5) is 4.79 Å². The Bertz CT molecular complexity index is 240. The van der Waals surface area contributed by atoms with E-state index in [2.05, 4.69) is 5.32 Å². The Balaban J connectivity index is 2.81. The Morgan fingerprint density at radius 1 is 1.38 bits per heavy atom. The largest absolute Gasteiger partial charge is 0.325 e. The lowest BCUT2D eigenvalue weighted by molar-refractivity contribution is -0.130. The summed E-state index contributed by atoms with van der Waals surface area (Å²) < 4.78 is 0. The highest BCUT2D eigenvalue weighted by Gasteiger charge is 2.45. The molecule has 1 heterocycles. The molecule has 0 radical (unpaired) electrons. The lowest BCUT2D eigenvalue weighted by Gasteiger charge is -2.18. The molecule has 0 aromatic carbocycles. The first kappa shape index (κ1) is 10.0. The van der Waals surface area contributed by atoms with E-state index >= 15 is 0 Å². The monoisotopic (exact) mass is 184 g/mol. The van der Waals surface area contributed by atoms with Crippen molar-refractivity contribution < 1.29 is 9.59 Å². The van der Waals surface area contributed by atoms with Crippen molar-refractivity contribution in [3.63, 3.8) is 0 Å². The molecule has 1 N–H and O–H groups in total. The van der Waals surface area contributed by atoms with Gasteiger partial charge < -0.3 is 5.32 Å². The average Bonchev–Trinajstić information content (AvgIpc) is 2.31. The van der Waals surface area contributed by atoms with Gasteiger partial charge in [-0.25, -0.2) is 4.79 Å². The van der Waals surface area contributed by atoms with Gasteiger partial charge in [-0.15, -0.1) is 0 Å². The standard InChI is InChI=1S/C9H16N2O2/c1-4-6-11-7(12)9(3,5-2)10-8(11)13/h4-6H2,1-3H3,(H,10,13). The van der Waals surface area contributed by atoms with Crippen molar-refractivity contribution in [3.05, 3.63) is 0 Å². The zero-order valence-electron chi connectivity index (χ0n) is 8.39. The van der Waals surface area contributed by atoms with Crippen LogP contribution in [-0.4, -0.2) is 28.9 Å². The summed E-state index contributed by atoms with van der Waals surface area (Å²) in [5.41, 5.74) is -0.674. The predicted molar refractivity (Wildman–Crippen MR) is 49.2 cm³/mol. The summed E-state index contributed by atoms with van der Waals surface area (Å²) >= 11 is 0. The van der Waals surface area contributed by atoms with Crippen molar-refractivity contribution in [2.45, 2.75) is 39.2 Å². The van der Waals surface area contributed by atoms with Crippen molar-refractivity contribution in [1.82, 2.24) is 10.2 Å². The van der Waals surface area contributed by atoms with Gasteiger partial charge in [0, 0.05) is 6.54 Å². The van der Waals surface area contributed by atoms with E-state index in [0.717, 1.165) is 6.42 Å². The number of urea groups is 1. The quantitative estimate of drug-likeness (QED) is 0.668. The smallest absolute Gasteiger partial charge is 0.323 e. The van der Waals surface area contributed by atoms with Gasteiger partial charge >= 0.3 is 6.03 Å². The highest BCUT2D eigenvalue weighted by Crippen LogP contribution is 2.20. The highest BCUT2D eigenvalue weighted by molar-refractivity contribution is 6.06. The number of nitrogens with zero attached hydrogens (tertiary/aromatic N) is 1. The average molecular weight is 184 g/mol. The Hall–Kier alpha value is -1.06. The second-order valence-corrected chi connectivity index (χ2v) is 3.57. The Morgan fingerprint density at radius 2 is 2.00 bits per heavy atom. The number of hydrogen-bond donors (Lipinski definition) is 1. The van der Waals surface area contributed by atoms with Gasteiger partial charge in [0.1, 0.15) is 5.54 Å². The third-order valence-electron chi connectivity index (χ3n) is 2.50. The van der Waals surface area contributed by atoms with Gasteiger partial charge in [-0.2, -0.15) is 0 Å². The molecule has 0 bridgehead atoms. The minimum absolute atomic E-state index is 0.0955. The van der Waals surface area contributed by atoms with Crippen LogP contribution in [0.2, 0.25) is 0 Å². The summed E-state index contributed by atoms with van der Waals surface area (Å²) in [5.74, 6) is -0.0955. The molecule has 4 heteroatoms. The van der Waals surface area contributed by atoms with Crippen LogP contribution in [0.3, 0.4) is 0 Å². The van der Waals surface area contributed by atoms with Gasteiger partial charge in [0.05, 0.1) is 0 Å². The molecule has 1 aliphatic rings. The van der Waals surface area contributed by atoms with Gasteiger partial charge in [0.25, 0.3) is 5.91 Å². The van der Waals surface area contributed by atoms with Crippen LogP contribution < -0.4 is 5.32 Å². The Morgan fingerprint density at radius 3 is 2.38 bits per heavy atom. The second kappa shape index (κ2) is 3.36. The Kier molecular flexibility index (Phi) is 2.59. The van der Waals surface area contributed by atoms with Crippen LogP contribution in [0.5, 0.6) is 0 Å². The van der Waals surface area contributed by atoms with Crippen molar-refractivity contribution in [1.29, 1.82) is 0 Å². The van der Waals surface area contributed by atoms with Gasteiger partial charge in [0.15, 0.2) is 0 Å². The fourth-order valence-electron chi connectivity index (χ4n) is 1.41. The number of amides is 3. The van der Waals surface area contributed by atoms with Crippen LogP contribution in [0.1, 0.15) is 33.6 Å². The third kappa shape index (κ3) is 1.53. The minimum Gasteiger partial charge on any atom is -0.323 e. The van der Waals surface area contributed by atoms with Crippen LogP contribution in [-0.2, 0) is 4.79 Å². The van der Waals surface area contributed by atoms with Crippen LogP contribution in [0, 0.1) is 0 Å². The van der Waals surface area contributed by atoms with Gasteiger partial charge in [-0.05, 0) is 19.8 Å². The molecule has 1 atom stereocenters. The molecule has 0 aliphatic carbocycles. The van der Waals surface area contributed by atoms with E-state index in [4.69, 9.17) is 0 Å². The first-order valence-corrected chi connectivity index (χ1v) is 4.69. The summed E-state index contributed by atoms with van der Waals surface area (Å²) in [4.78, 5) is 24.3. The van der Waals surface area contributed by atoms with Gasteiger partial charge in [0.2, 0.25) is 0 Å². The van der Waals surface area contributed by atoms with Gasteiger partial charge in [-0.1, -0.05) is 13.8 Å². The first-order chi connectivity index (χ1) is 6.05. The molecular formula is C9H16N2O2. The Labute approximate surface area is 78.3 Å². The number of imide groups is 1. The zero-order chi connectivity index (χ0) is 10.1. The molecule has 0 saturated carbocycles. The fraction of sp³-hybridized carbons (Fsp3) is 0.778. The summed E-state index contributed by atoms with van der Waals surface area (Å²) in [6.07, 6.45) is 1.44. The topological polar surface area (TPSA) is 49.4 Å².